The Morgan fingerprint density at radius 1 is 0.721 bits per heavy atom. The molecule has 0 bridgehead atoms. The molecule has 0 aliphatic heterocycles. The van der Waals surface area contributed by atoms with Crippen LogP contribution in [-0.4, -0.2) is 45.4 Å². The molecule has 9 nitrogen and oxygen atoms in total. The van der Waals surface area contributed by atoms with Crippen molar-refractivity contribution in [2.75, 3.05) is 0 Å². The molecule has 0 aromatic carbocycles. The van der Waals surface area contributed by atoms with Gasteiger partial charge in [0.2, 0.25) is 0 Å². The maximum Gasteiger partial charge on any atom is 0.339 e. The largest absolute Gasteiger partial charge is 0.423 e. The zero-order chi connectivity index (χ0) is 50.1. The third-order valence-corrected chi connectivity index (χ3v) is 20.7. The van der Waals surface area contributed by atoms with E-state index in [4.69, 9.17) is 4.42 Å². The molecule has 366 valence electrons. The molecular formula is C59H76O9. The lowest BCUT2D eigenvalue weighted by Gasteiger charge is -2.62. The van der Waals surface area contributed by atoms with E-state index >= 15 is 4.79 Å². The Kier molecular flexibility index (Phi) is 12.2. The third kappa shape index (κ3) is 7.18. The van der Waals surface area contributed by atoms with E-state index in [1.54, 1.807) is 39.0 Å². The molecule has 1 heterocycles. The predicted octanol–water partition coefficient (Wildman–Crippen LogP) is 11.0. The van der Waals surface area contributed by atoms with Gasteiger partial charge >= 0.3 is 5.63 Å². The van der Waals surface area contributed by atoms with Crippen LogP contribution in [0, 0.1) is 80.8 Å². The standard InChI is InChI=1S/C59H76O9/c1-32(50-40(61)30-44-55(10)24-21-46(62)53(6,7)42(55)19-23-57(44,50)12)15-14-16-33(2)51(65)49-37(27-35(4)41-18-17-34(3)52(66)68-41)28-38(29-39(49)36(5)60)59(67)48(64)31-45-56(11)25-22-47(63)54(8,9)43(56)20-26-58(45,59)13/h14-18,27-28,37,39,42-45,49,67H,19-26,29-31H2,1-13H3. The molecule has 6 fully saturated rings. The van der Waals surface area contributed by atoms with Crippen molar-refractivity contribution in [2.24, 2.45) is 73.9 Å². The van der Waals surface area contributed by atoms with Crippen LogP contribution in [0.15, 0.2) is 74.0 Å². The fourth-order valence-electron chi connectivity index (χ4n) is 16.9. The number of allylic oxidation sites excluding steroid dienone is 9. The Morgan fingerprint density at radius 2 is 1.31 bits per heavy atom. The van der Waals surface area contributed by atoms with E-state index < -0.39 is 45.2 Å². The van der Waals surface area contributed by atoms with Gasteiger partial charge in [-0.25, -0.2) is 4.79 Å². The topological polar surface area (TPSA) is 153 Å². The van der Waals surface area contributed by atoms with Crippen LogP contribution in [0.5, 0.6) is 0 Å². The van der Waals surface area contributed by atoms with Gasteiger partial charge in [0.05, 0.1) is 0 Å². The van der Waals surface area contributed by atoms with Crippen molar-refractivity contribution in [1.82, 2.24) is 0 Å². The lowest BCUT2D eigenvalue weighted by molar-refractivity contribution is -0.172. The highest BCUT2D eigenvalue weighted by Gasteiger charge is 2.72. The van der Waals surface area contributed by atoms with Crippen molar-refractivity contribution < 1.29 is 38.3 Å². The summed E-state index contributed by atoms with van der Waals surface area (Å²) in [6, 6.07) is 3.39. The Hall–Kier alpha value is -4.37. The summed E-state index contributed by atoms with van der Waals surface area (Å²) in [4.78, 5) is 96.8. The van der Waals surface area contributed by atoms with Crippen LogP contribution in [0.1, 0.15) is 165 Å². The first-order chi connectivity index (χ1) is 31.5. The van der Waals surface area contributed by atoms with E-state index in [2.05, 4.69) is 34.6 Å². The van der Waals surface area contributed by atoms with Crippen molar-refractivity contribution in [3.63, 3.8) is 0 Å². The highest BCUT2D eigenvalue weighted by atomic mass is 16.4. The van der Waals surface area contributed by atoms with Gasteiger partial charge in [0.1, 0.15) is 28.7 Å². The second kappa shape index (κ2) is 16.6. The number of ketones is 6. The van der Waals surface area contributed by atoms with Crippen LogP contribution >= 0.6 is 0 Å². The number of carbonyl (C=O) groups is 6. The molecule has 0 amide bonds. The molecule has 1 N–H and O–H groups in total. The molecule has 6 saturated carbocycles. The van der Waals surface area contributed by atoms with Crippen molar-refractivity contribution in [1.29, 1.82) is 0 Å². The maximum absolute atomic E-state index is 15.0. The van der Waals surface area contributed by atoms with Crippen molar-refractivity contribution in [2.45, 2.75) is 166 Å². The third-order valence-electron chi connectivity index (χ3n) is 20.7. The van der Waals surface area contributed by atoms with Gasteiger partial charge in [-0.1, -0.05) is 85.8 Å². The molecule has 12 atom stereocenters. The maximum atomic E-state index is 15.0. The van der Waals surface area contributed by atoms with E-state index in [1.807, 2.05) is 52.0 Å². The zero-order valence-electron chi connectivity index (χ0n) is 43.1. The molecule has 7 aliphatic rings. The van der Waals surface area contributed by atoms with E-state index in [0.717, 1.165) is 30.4 Å². The van der Waals surface area contributed by atoms with Crippen molar-refractivity contribution >= 4 is 40.3 Å². The average Bonchev–Trinajstić information content (AvgIpc) is 3.67. The second-order valence-corrected chi connectivity index (χ2v) is 24.9. The van der Waals surface area contributed by atoms with Crippen LogP contribution in [0.4, 0.5) is 0 Å². The van der Waals surface area contributed by atoms with Crippen LogP contribution in [0.25, 0.3) is 5.57 Å². The van der Waals surface area contributed by atoms with Crippen molar-refractivity contribution in [3.05, 3.63) is 86.5 Å². The molecule has 1 aromatic rings. The summed E-state index contributed by atoms with van der Waals surface area (Å²) in [6.45, 7) is 25.6. The number of aryl methyl sites for hydroxylation is 1. The Labute approximate surface area is 403 Å². The highest BCUT2D eigenvalue weighted by molar-refractivity contribution is 6.02. The molecule has 0 saturated heterocycles. The fourth-order valence-corrected chi connectivity index (χ4v) is 16.9. The van der Waals surface area contributed by atoms with Crippen LogP contribution in [0.3, 0.4) is 0 Å². The molecule has 1 aromatic heterocycles. The van der Waals surface area contributed by atoms with Gasteiger partial charge in [-0.2, -0.15) is 0 Å². The van der Waals surface area contributed by atoms with E-state index in [0.29, 0.717) is 72.4 Å². The minimum absolute atomic E-state index is 0.0325. The molecule has 8 rings (SSSR count). The summed E-state index contributed by atoms with van der Waals surface area (Å²) in [5, 5.41) is 13.2. The van der Waals surface area contributed by atoms with Gasteiger partial charge < -0.3 is 9.52 Å². The molecule has 9 heteroatoms. The number of hydrogen-bond acceptors (Lipinski definition) is 9. The van der Waals surface area contributed by atoms with Gasteiger partial charge in [0, 0.05) is 76.2 Å². The van der Waals surface area contributed by atoms with Crippen molar-refractivity contribution in [3.8, 4) is 0 Å². The predicted molar refractivity (Wildman–Crippen MR) is 263 cm³/mol. The van der Waals surface area contributed by atoms with Gasteiger partial charge in [-0.05, 0) is 148 Å². The monoisotopic (exact) mass is 929 g/mol. The minimum atomic E-state index is -1.90. The van der Waals surface area contributed by atoms with Crippen LogP contribution in [0.2, 0.25) is 0 Å². The number of aliphatic hydroxyl groups is 1. The smallest absolute Gasteiger partial charge is 0.339 e. The first kappa shape index (κ1) is 50.0. The average molecular weight is 929 g/mol. The summed E-state index contributed by atoms with van der Waals surface area (Å²) in [5.74, 6) is -2.05. The van der Waals surface area contributed by atoms with Gasteiger partial charge in [0.15, 0.2) is 17.3 Å². The first-order valence-corrected chi connectivity index (χ1v) is 25.5. The van der Waals surface area contributed by atoms with E-state index in [-0.39, 0.29) is 81.7 Å². The Balaban J connectivity index is 1.15. The number of Topliss-reactive ketones (excluding diaryl/α,β-unsaturated/α-hetero) is 6. The zero-order valence-corrected chi connectivity index (χ0v) is 43.1. The summed E-state index contributed by atoms with van der Waals surface area (Å²) < 4.78 is 5.69. The number of carbonyl (C=O) groups excluding carboxylic acids is 6. The molecule has 0 spiro atoms. The normalized spacial score (nSPS) is 40.9. The molecule has 0 radical (unpaired) electrons. The molecule has 12 unspecified atom stereocenters. The van der Waals surface area contributed by atoms with Gasteiger partial charge in [0.25, 0.3) is 0 Å². The first-order valence-electron chi connectivity index (χ1n) is 25.5. The molecule has 68 heavy (non-hydrogen) atoms. The summed E-state index contributed by atoms with van der Waals surface area (Å²) in [5.41, 5.74) is -1.47. The highest BCUT2D eigenvalue weighted by Crippen LogP contribution is 2.72. The SMILES string of the molecule is CC(=O)C1CC(C2(O)C(=O)CC3C4(C)CCC(=O)C(C)(C)C4CCC32C)=CC(C=C(C)c2ccc(C)c(=O)o2)C1C(=O)C(C)=CC=CC(C)=C1C(=O)CC2C1(C)CCC1C(C)(C)C(=O)CCC12C. The molecular weight excluding hydrogens is 853 g/mol. The fraction of sp³-hybridized carbons (Fsp3) is 0.644. The number of fused-ring (bicyclic) bond motifs is 6. The van der Waals surface area contributed by atoms with E-state index in [9.17, 15) is 33.9 Å². The second-order valence-electron chi connectivity index (χ2n) is 24.9. The van der Waals surface area contributed by atoms with Crippen LogP contribution < -0.4 is 5.63 Å². The van der Waals surface area contributed by atoms with E-state index in [1.165, 1.54) is 6.92 Å². The summed E-state index contributed by atoms with van der Waals surface area (Å²) in [7, 11) is 0. The van der Waals surface area contributed by atoms with Gasteiger partial charge in [-0.15, -0.1) is 0 Å². The summed E-state index contributed by atoms with van der Waals surface area (Å²) >= 11 is 0. The molecule has 7 aliphatic carbocycles. The number of hydrogen-bond donors (Lipinski definition) is 1. The lowest BCUT2D eigenvalue weighted by atomic mass is 9.42. The van der Waals surface area contributed by atoms with Gasteiger partial charge in [-0.3, -0.25) is 28.8 Å². The Bertz CT molecular complexity index is 2630. The minimum Gasteiger partial charge on any atom is -0.423 e. The Morgan fingerprint density at radius 3 is 1.90 bits per heavy atom. The number of rotatable bonds is 8. The summed E-state index contributed by atoms with van der Waals surface area (Å²) in [6.07, 6.45) is 15.2. The quantitative estimate of drug-likeness (QED) is 0.152. The lowest BCUT2D eigenvalue weighted by Crippen LogP contribution is -2.61. The van der Waals surface area contributed by atoms with Crippen LogP contribution in [-0.2, 0) is 28.8 Å².